The molecule has 0 aromatic carbocycles. The molecule has 0 rings (SSSR count). The Morgan fingerprint density at radius 2 is 1.93 bits per heavy atom. The van der Waals surface area contributed by atoms with Crippen molar-refractivity contribution in [3.05, 3.63) is 0 Å². The standard InChI is InChI=1S/C9H18O5/c1-9(7-13-3,8(10)11)14-6-4-5-12-2/h4-7H2,1-3H3,(H,10,11). The summed E-state index contributed by atoms with van der Waals surface area (Å²) in [5.41, 5.74) is -1.26. The molecule has 5 nitrogen and oxygen atoms in total. The minimum atomic E-state index is -1.26. The van der Waals surface area contributed by atoms with Gasteiger partial charge < -0.3 is 19.3 Å². The van der Waals surface area contributed by atoms with E-state index in [-0.39, 0.29) is 6.61 Å². The molecule has 0 amide bonds. The second-order valence-corrected chi connectivity index (χ2v) is 3.16. The largest absolute Gasteiger partial charge is 0.479 e. The van der Waals surface area contributed by atoms with E-state index in [1.54, 1.807) is 7.11 Å². The van der Waals surface area contributed by atoms with Crippen LogP contribution >= 0.6 is 0 Å². The molecule has 0 saturated heterocycles. The van der Waals surface area contributed by atoms with Crippen molar-refractivity contribution in [1.29, 1.82) is 0 Å². The molecule has 0 saturated carbocycles. The van der Waals surface area contributed by atoms with Crippen molar-refractivity contribution >= 4 is 5.97 Å². The smallest absolute Gasteiger partial charge is 0.338 e. The lowest BCUT2D eigenvalue weighted by molar-refractivity contribution is -0.170. The molecule has 0 radical (unpaired) electrons. The summed E-state index contributed by atoms with van der Waals surface area (Å²) in [6.45, 7) is 2.43. The molecule has 14 heavy (non-hydrogen) atoms. The minimum Gasteiger partial charge on any atom is -0.479 e. The van der Waals surface area contributed by atoms with Crippen LogP contribution in [0.1, 0.15) is 13.3 Å². The summed E-state index contributed by atoms with van der Waals surface area (Å²) in [7, 11) is 3.03. The lowest BCUT2D eigenvalue weighted by atomic mass is 10.1. The van der Waals surface area contributed by atoms with Gasteiger partial charge in [-0.05, 0) is 13.3 Å². The van der Waals surface area contributed by atoms with E-state index < -0.39 is 11.6 Å². The predicted octanol–water partition coefficient (Wildman–Crippen LogP) is 0.529. The molecule has 0 aromatic heterocycles. The van der Waals surface area contributed by atoms with Gasteiger partial charge in [0.05, 0.1) is 13.2 Å². The molecule has 0 fully saturated rings. The quantitative estimate of drug-likeness (QED) is 0.587. The van der Waals surface area contributed by atoms with Crippen LogP contribution in [0.2, 0.25) is 0 Å². The molecule has 1 N–H and O–H groups in total. The summed E-state index contributed by atoms with van der Waals surface area (Å²) in [5.74, 6) is -1.02. The van der Waals surface area contributed by atoms with Crippen molar-refractivity contribution in [2.24, 2.45) is 0 Å². The fourth-order valence-corrected chi connectivity index (χ4v) is 0.941. The molecular formula is C9H18O5. The van der Waals surface area contributed by atoms with Crippen LogP contribution in [0.15, 0.2) is 0 Å². The molecular weight excluding hydrogens is 188 g/mol. The fraction of sp³-hybridized carbons (Fsp3) is 0.889. The topological polar surface area (TPSA) is 65.0 Å². The van der Waals surface area contributed by atoms with Crippen LogP contribution in [-0.2, 0) is 19.0 Å². The van der Waals surface area contributed by atoms with Gasteiger partial charge in [0.2, 0.25) is 0 Å². The van der Waals surface area contributed by atoms with E-state index in [1.807, 2.05) is 0 Å². The van der Waals surface area contributed by atoms with Gasteiger partial charge in [-0.3, -0.25) is 0 Å². The fourth-order valence-electron chi connectivity index (χ4n) is 0.941. The van der Waals surface area contributed by atoms with Gasteiger partial charge >= 0.3 is 5.97 Å². The number of carbonyl (C=O) groups is 1. The Bertz CT molecular complexity index is 171. The van der Waals surface area contributed by atoms with Crippen LogP contribution in [0.5, 0.6) is 0 Å². The second kappa shape index (κ2) is 6.75. The number of ether oxygens (including phenoxy) is 3. The van der Waals surface area contributed by atoms with Crippen molar-refractivity contribution in [2.45, 2.75) is 18.9 Å². The maximum absolute atomic E-state index is 10.8. The summed E-state index contributed by atoms with van der Waals surface area (Å²) >= 11 is 0. The molecule has 0 aromatic rings. The minimum absolute atomic E-state index is 0.0370. The molecule has 1 unspecified atom stereocenters. The average Bonchev–Trinajstić information content (AvgIpc) is 2.13. The maximum Gasteiger partial charge on any atom is 0.338 e. The number of rotatable bonds is 8. The lowest BCUT2D eigenvalue weighted by Gasteiger charge is -2.24. The Morgan fingerprint density at radius 1 is 1.29 bits per heavy atom. The van der Waals surface area contributed by atoms with Crippen LogP contribution in [0.4, 0.5) is 0 Å². The van der Waals surface area contributed by atoms with Gasteiger partial charge in [0.15, 0.2) is 5.60 Å². The number of hydrogen-bond acceptors (Lipinski definition) is 4. The van der Waals surface area contributed by atoms with Gasteiger partial charge in [-0.25, -0.2) is 4.79 Å². The third kappa shape index (κ3) is 4.55. The zero-order chi connectivity index (χ0) is 11.0. The third-order valence-electron chi connectivity index (χ3n) is 1.79. The van der Waals surface area contributed by atoms with Crippen molar-refractivity contribution in [1.82, 2.24) is 0 Å². The molecule has 1 atom stereocenters. The molecule has 0 heterocycles. The van der Waals surface area contributed by atoms with Crippen LogP contribution in [0.3, 0.4) is 0 Å². The SMILES string of the molecule is COCCCOC(C)(COC)C(=O)O. The Labute approximate surface area is 84.0 Å². The number of aliphatic carboxylic acids is 1. The monoisotopic (exact) mass is 206 g/mol. The van der Waals surface area contributed by atoms with E-state index >= 15 is 0 Å². The Kier molecular flexibility index (Phi) is 6.44. The molecule has 84 valence electrons. The van der Waals surface area contributed by atoms with E-state index in [9.17, 15) is 4.79 Å². The van der Waals surface area contributed by atoms with E-state index in [0.29, 0.717) is 19.6 Å². The number of carboxylic acid groups (broad SMARTS) is 1. The van der Waals surface area contributed by atoms with Crippen molar-refractivity contribution in [3.63, 3.8) is 0 Å². The first-order valence-electron chi connectivity index (χ1n) is 4.42. The van der Waals surface area contributed by atoms with Crippen molar-refractivity contribution in [2.75, 3.05) is 34.0 Å². The Hall–Kier alpha value is -0.650. The first kappa shape index (κ1) is 13.4. The van der Waals surface area contributed by atoms with Crippen LogP contribution in [0, 0.1) is 0 Å². The zero-order valence-electron chi connectivity index (χ0n) is 8.91. The van der Waals surface area contributed by atoms with Gasteiger partial charge in [0, 0.05) is 20.8 Å². The van der Waals surface area contributed by atoms with Gasteiger partial charge in [0.25, 0.3) is 0 Å². The molecule has 0 spiro atoms. The summed E-state index contributed by atoms with van der Waals surface area (Å²) in [5, 5.41) is 8.88. The summed E-state index contributed by atoms with van der Waals surface area (Å²) in [6, 6.07) is 0. The van der Waals surface area contributed by atoms with Crippen LogP contribution < -0.4 is 0 Å². The van der Waals surface area contributed by atoms with E-state index in [1.165, 1.54) is 14.0 Å². The zero-order valence-corrected chi connectivity index (χ0v) is 8.91. The highest BCUT2D eigenvalue weighted by atomic mass is 16.6. The van der Waals surface area contributed by atoms with Gasteiger partial charge in [0.1, 0.15) is 0 Å². The van der Waals surface area contributed by atoms with Crippen molar-refractivity contribution < 1.29 is 24.1 Å². The van der Waals surface area contributed by atoms with E-state index in [2.05, 4.69) is 0 Å². The van der Waals surface area contributed by atoms with Gasteiger partial charge in [-0.2, -0.15) is 0 Å². The lowest BCUT2D eigenvalue weighted by Crippen LogP contribution is -2.43. The maximum atomic E-state index is 10.8. The molecule has 0 aliphatic rings. The van der Waals surface area contributed by atoms with Crippen LogP contribution in [0.25, 0.3) is 0 Å². The summed E-state index contributed by atoms with van der Waals surface area (Å²) < 4.78 is 14.8. The molecule has 5 heteroatoms. The number of hydrogen-bond donors (Lipinski definition) is 1. The van der Waals surface area contributed by atoms with E-state index in [0.717, 1.165) is 0 Å². The summed E-state index contributed by atoms with van der Waals surface area (Å²) in [6.07, 6.45) is 0.670. The van der Waals surface area contributed by atoms with Gasteiger partial charge in [-0.15, -0.1) is 0 Å². The molecule has 0 aliphatic carbocycles. The number of methoxy groups -OCH3 is 2. The first-order valence-corrected chi connectivity index (χ1v) is 4.42. The van der Waals surface area contributed by atoms with Crippen LogP contribution in [-0.4, -0.2) is 50.7 Å². The highest BCUT2D eigenvalue weighted by Gasteiger charge is 2.34. The normalized spacial score (nSPS) is 15.1. The average molecular weight is 206 g/mol. The second-order valence-electron chi connectivity index (χ2n) is 3.16. The summed E-state index contributed by atoms with van der Waals surface area (Å²) in [4.78, 5) is 10.8. The van der Waals surface area contributed by atoms with Gasteiger partial charge in [-0.1, -0.05) is 0 Å². The third-order valence-corrected chi connectivity index (χ3v) is 1.79. The predicted molar refractivity (Wildman–Crippen MR) is 50.4 cm³/mol. The van der Waals surface area contributed by atoms with Crippen molar-refractivity contribution in [3.8, 4) is 0 Å². The molecule has 0 bridgehead atoms. The molecule has 0 aliphatic heterocycles. The highest BCUT2D eigenvalue weighted by molar-refractivity contribution is 5.77. The number of carboxylic acids is 1. The first-order chi connectivity index (χ1) is 6.56. The Balaban J connectivity index is 3.90. The van der Waals surface area contributed by atoms with E-state index in [4.69, 9.17) is 19.3 Å². The highest BCUT2D eigenvalue weighted by Crippen LogP contribution is 2.11. The Morgan fingerprint density at radius 3 is 2.36 bits per heavy atom.